The molecule has 0 saturated carbocycles. The van der Waals surface area contributed by atoms with E-state index in [0.29, 0.717) is 5.88 Å². The molecular formula is C17H16N4O4. The first-order valence-corrected chi connectivity index (χ1v) is 7.32. The molecule has 3 aromatic heterocycles. The summed E-state index contributed by atoms with van der Waals surface area (Å²) in [7, 11) is 0. The van der Waals surface area contributed by atoms with Crippen molar-refractivity contribution in [2.24, 2.45) is 0 Å². The lowest BCUT2D eigenvalue weighted by Gasteiger charge is -2.03. The fourth-order valence-electron chi connectivity index (χ4n) is 1.69. The molecule has 3 aromatic rings. The number of hydrogen-bond donors (Lipinski definition) is 1. The summed E-state index contributed by atoms with van der Waals surface area (Å²) >= 11 is 0. The van der Waals surface area contributed by atoms with Gasteiger partial charge >= 0.3 is 0 Å². The van der Waals surface area contributed by atoms with Gasteiger partial charge in [0.25, 0.3) is 5.69 Å². The van der Waals surface area contributed by atoms with Crippen LogP contribution in [0.5, 0.6) is 5.88 Å². The monoisotopic (exact) mass is 340 g/mol. The zero-order valence-electron chi connectivity index (χ0n) is 13.2. The van der Waals surface area contributed by atoms with E-state index < -0.39 is 4.92 Å². The van der Waals surface area contributed by atoms with Gasteiger partial charge in [0.05, 0.1) is 17.2 Å². The van der Waals surface area contributed by atoms with Gasteiger partial charge in [-0.15, -0.1) is 0 Å². The summed E-state index contributed by atoms with van der Waals surface area (Å²) in [5.41, 5.74) is 1.57. The van der Waals surface area contributed by atoms with Gasteiger partial charge < -0.3 is 9.84 Å². The topological polar surface area (TPSA) is 111 Å². The summed E-state index contributed by atoms with van der Waals surface area (Å²) in [6.07, 6.45) is 6.15. The number of aliphatic hydroxyl groups excluding tert-OH is 1. The van der Waals surface area contributed by atoms with E-state index in [1.807, 2.05) is 24.3 Å². The second-order valence-electron chi connectivity index (χ2n) is 4.74. The second kappa shape index (κ2) is 9.68. The van der Waals surface area contributed by atoms with Crippen LogP contribution >= 0.6 is 0 Å². The molecule has 0 spiro atoms. The summed E-state index contributed by atoms with van der Waals surface area (Å²) in [6.45, 7) is 0.361. The molecule has 0 bridgehead atoms. The second-order valence-corrected chi connectivity index (χ2v) is 4.74. The molecule has 8 heteroatoms. The first-order chi connectivity index (χ1) is 12.2. The number of nitro groups is 1. The number of pyridine rings is 3. The third-order valence-electron chi connectivity index (χ3n) is 2.93. The molecule has 0 aromatic carbocycles. The minimum absolute atomic E-state index is 0.0600. The zero-order chi connectivity index (χ0) is 17.9. The fraction of sp³-hybridized carbons (Fsp3) is 0.118. The predicted octanol–water partition coefficient (Wildman–Crippen LogP) is 2.54. The number of nitrogens with zero attached hydrogens (tertiary/aromatic N) is 4. The van der Waals surface area contributed by atoms with E-state index in [0.717, 1.165) is 17.5 Å². The maximum absolute atomic E-state index is 10.4. The van der Waals surface area contributed by atoms with Crippen LogP contribution in [-0.2, 0) is 13.2 Å². The molecule has 0 aliphatic heterocycles. The van der Waals surface area contributed by atoms with Crippen LogP contribution in [0.4, 0.5) is 5.69 Å². The van der Waals surface area contributed by atoms with Crippen molar-refractivity contribution in [3.63, 3.8) is 0 Å². The highest BCUT2D eigenvalue weighted by atomic mass is 16.6. The molecule has 0 amide bonds. The summed E-state index contributed by atoms with van der Waals surface area (Å²) in [5, 5.41) is 18.9. The van der Waals surface area contributed by atoms with Crippen molar-refractivity contribution in [2.45, 2.75) is 13.2 Å². The van der Waals surface area contributed by atoms with Crippen molar-refractivity contribution in [1.82, 2.24) is 15.0 Å². The Balaban J connectivity index is 0.000000236. The van der Waals surface area contributed by atoms with E-state index in [4.69, 9.17) is 9.84 Å². The standard InChI is InChI=1S/C11H9N3O3.C6H7NO/c15-14(16)10-4-5-11(13-7-10)17-8-9-3-1-2-6-12-9;8-5-6-2-1-3-7-4-6/h1-7H,8H2;1-4,8H,5H2. The number of aromatic nitrogens is 3. The molecule has 0 atom stereocenters. The Labute approximate surface area is 144 Å². The number of aliphatic hydroxyl groups is 1. The first kappa shape index (κ1) is 18.0. The van der Waals surface area contributed by atoms with Gasteiger partial charge in [-0.25, -0.2) is 4.98 Å². The maximum Gasteiger partial charge on any atom is 0.287 e. The lowest BCUT2D eigenvalue weighted by atomic mass is 10.3. The summed E-state index contributed by atoms with van der Waals surface area (Å²) in [5.74, 6) is 0.334. The van der Waals surface area contributed by atoms with Crippen molar-refractivity contribution < 1.29 is 14.8 Å². The van der Waals surface area contributed by atoms with Gasteiger partial charge in [0.1, 0.15) is 12.8 Å². The molecule has 3 rings (SSSR count). The van der Waals surface area contributed by atoms with Crippen LogP contribution in [0, 0.1) is 10.1 Å². The molecule has 8 nitrogen and oxygen atoms in total. The lowest BCUT2D eigenvalue weighted by Crippen LogP contribution is -1.99. The average molecular weight is 340 g/mol. The van der Waals surface area contributed by atoms with Gasteiger partial charge in [-0.3, -0.25) is 20.1 Å². The molecule has 0 aliphatic carbocycles. The third kappa shape index (κ3) is 6.32. The van der Waals surface area contributed by atoms with Gasteiger partial charge in [0, 0.05) is 30.7 Å². The van der Waals surface area contributed by atoms with Gasteiger partial charge in [0.2, 0.25) is 5.88 Å². The molecule has 0 fully saturated rings. The number of ether oxygens (including phenoxy) is 1. The van der Waals surface area contributed by atoms with Crippen LogP contribution in [0.15, 0.2) is 67.3 Å². The number of rotatable bonds is 5. The minimum Gasteiger partial charge on any atom is -0.471 e. The maximum atomic E-state index is 10.4. The van der Waals surface area contributed by atoms with E-state index in [2.05, 4.69) is 15.0 Å². The van der Waals surface area contributed by atoms with Crippen LogP contribution in [-0.4, -0.2) is 25.0 Å². The van der Waals surface area contributed by atoms with E-state index >= 15 is 0 Å². The molecule has 128 valence electrons. The van der Waals surface area contributed by atoms with E-state index in [1.54, 1.807) is 24.7 Å². The quantitative estimate of drug-likeness (QED) is 0.561. The average Bonchev–Trinajstić information content (AvgIpc) is 2.68. The molecule has 0 saturated heterocycles. The van der Waals surface area contributed by atoms with E-state index in [-0.39, 0.29) is 18.9 Å². The van der Waals surface area contributed by atoms with Gasteiger partial charge in [0.15, 0.2) is 0 Å². The molecule has 3 heterocycles. The highest BCUT2D eigenvalue weighted by Gasteiger charge is 2.05. The van der Waals surface area contributed by atoms with Crippen molar-refractivity contribution >= 4 is 5.69 Å². The largest absolute Gasteiger partial charge is 0.471 e. The summed E-state index contributed by atoms with van der Waals surface area (Å²) in [6, 6.07) is 11.9. The van der Waals surface area contributed by atoms with Crippen LogP contribution in [0.3, 0.4) is 0 Å². The van der Waals surface area contributed by atoms with Crippen LogP contribution in [0.2, 0.25) is 0 Å². The van der Waals surface area contributed by atoms with Crippen LogP contribution in [0.25, 0.3) is 0 Å². The fourth-order valence-corrected chi connectivity index (χ4v) is 1.69. The van der Waals surface area contributed by atoms with E-state index in [9.17, 15) is 10.1 Å². The Morgan fingerprint density at radius 3 is 2.44 bits per heavy atom. The molecular weight excluding hydrogens is 324 g/mol. The Kier molecular flexibility index (Phi) is 6.95. The summed E-state index contributed by atoms with van der Waals surface area (Å²) in [4.78, 5) is 21.6. The molecule has 0 aliphatic rings. The van der Waals surface area contributed by atoms with Crippen molar-refractivity contribution in [3.8, 4) is 5.88 Å². The van der Waals surface area contributed by atoms with Crippen molar-refractivity contribution in [1.29, 1.82) is 0 Å². The highest BCUT2D eigenvalue weighted by molar-refractivity contribution is 5.28. The smallest absolute Gasteiger partial charge is 0.287 e. The Morgan fingerprint density at radius 2 is 1.92 bits per heavy atom. The third-order valence-corrected chi connectivity index (χ3v) is 2.93. The van der Waals surface area contributed by atoms with Crippen molar-refractivity contribution in [2.75, 3.05) is 0 Å². The predicted molar refractivity (Wildman–Crippen MR) is 89.6 cm³/mol. The normalized spacial score (nSPS) is 9.64. The Bertz CT molecular complexity index is 768. The zero-order valence-corrected chi connectivity index (χ0v) is 13.2. The van der Waals surface area contributed by atoms with Crippen LogP contribution in [0.1, 0.15) is 11.3 Å². The highest BCUT2D eigenvalue weighted by Crippen LogP contribution is 2.14. The van der Waals surface area contributed by atoms with Gasteiger partial charge in [-0.05, 0) is 23.8 Å². The number of hydrogen-bond acceptors (Lipinski definition) is 7. The molecule has 1 N–H and O–H groups in total. The Hall–Kier alpha value is -3.39. The SMILES string of the molecule is O=[N+]([O-])c1ccc(OCc2ccccn2)nc1.OCc1cccnc1. The molecule has 25 heavy (non-hydrogen) atoms. The molecule has 0 radical (unpaired) electrons. The molecule has 0 unspecified atom stereocenters. The van der Waals surface area contributed by atoms with Crippen molar-refractivity contribution in [3.05, 3.63) is 88.6 Å². The van der Waals surface area contributed by atoms with Crippen LogP contribution < -0.4 is 4.74 Å². The Morgan fingerprint density at radius 1 is 1.04 bits per heavy atom. The van der Waals surface area contributed by atoms with E-state index in [1.165, 1.54) is 12.1 Å². The van der Waals surface area contributed by atoms with Gasteiger partial charge in [-0.2, -0.15) is 0 Å². The minimum atomic E-state index is -0.504. The summed E-state index contributed by atoms with van der Waals surface area (Å²) < 4.78 is 5.33. The lowest BCUT2D eigenvalue weighted by molar-refractivity contribution is -0.385. The first-order valence-electron chi connectivity index (χ1n) is 7.32. The van der Waals surface area contributed by atoms with Gasteiger partial charge in [-0.1, -0.05) is 12.1 Å².